The van der Waals surface area contributed by atoms with E-state index in [0.717, 1.165) is 23.9 Å². The van der Waals surface area contributed by atoms with Crippen molar-refractivity contribution in [2.45, 2.75) is 0 Å². The summed E-state index contributed by atoms with van der Waals surface area (Å²) in [5.41, 5.74) is 0.594. The lowest BCUT2D eigenvalue weighted by molar-refractivity contribution is -0.387. The number of hydrogen-bond acceptors (Lipinski definition) is 5. The molecule has 0 aliphatic rings. The molecule has 4 amide bonds. The third-order valence-electron chi connectivity index (χ3n) is 3.27. The Kier molecular flexibility index (Phi) is 5.68. The first-order valence-electron chi connectivity index (χ1n) is 7.36. The summed E-state index contributed by atoms with van der Waals surface area (Å²) in [6.45, 7) is 0. The van der Waals surface area contributed by atoms with Crippen LogP contribution in [-0.2, 0) is 0 Å². The molecule has 0 radical (unpaired) electrons. The number of urea groups is 2. The summed E-state index contributed by atoms with van der Waals surface area (Å²) in [5, 5.41) is 17.4. The van der Waals surface area contributed by atoms with E-state index >= 15 is 0 Å². The van der Waals surface area contributed by atoms with Crippen LogP contribution in [0.5, 0.6) is 0 Å². The maximum absolute atomic E-state index is 13.3. The zero-order valence-corrected chi connectivity index (χ0v) is 13.9. The smallest absolute Gasteiger partial charge is 0.327 e. The van der Waals surface area contributed by atoms with E-state index in [1.807, 2.05) is 24.3 Å². The van der Waals surface area contributed by atoms with Crippen LogP contribution >= 0.6 is 0 Å². The maximum Gasteiger partial charge on any atom is 0.327 e. The molecule has 10 heteroatoms. The number of hydrogen-bond donors (Lipinski definition) is 3. The number of imide groups is 1. The minimum atomic E-state index is -1.03. The van der Waals surface area contributed by atoms with Gasteiger partial charge >= 0.3 is 17.7 Å². The molecular formula is C16H16FN5O4. The average Bonchev–Trinajstić information content (AvgIpc) is 2.56. The summed E-state index contributed by atoms with van der Waals surface area (Å²) in [6.07, 6.45) is 0. The Morgan fingerprint density at radius 3 is 2.08 bits per heavy atom. The monoisotopic (exact) mass is 361 g/mol. The van der Waals surface area contributed by atoms with E-state index in [2.05, 4.69) is 10.6 Å². The van der Waals surface area contributed by atoms with Gasteiger partial charge in [-0.25, -0.2) is 9.59 Å². The van der Waals surface area contributed by atoms with Crippen LogP contribution in [0.4, 0.5) is 36.7 Å². The van der Waals surface area contributed by atoms with E-state index in [1.54, 1.807) is 24.3 Å². The fourth-order valence-electron chi connectivity index (χ4n) is 2.00. The number of benzene rings is 2. The molecule has 136 valence electrons. The summed E-state index contributed by atoms with van der Waals surface area (Å²) in [5.74, 6) is -1.03. The number of nitrogens with one attached hydrogen (secondary N) is 3. The normalized spacial score (nSPS) is 9.96. The van der Waals surface area contributed by atoms with Gasteiger partial charge in [-0.15, -0.1) is 0 Å². The van der Waals surface area contributed by atoms with Crippen molar-refractivity contribution in [3.05, 3.63) is 58.4 Å². The van der Waals surface area contributed by atoms with Gasteiger partial charge in [0.25, 0.3) is 0 Å². The SMILES string of the molecule is CN(C)c1ccc(NC(=O)NC(=O)Nc2ccc(F)c([N+](=O)[O-])c2)cc1. The molecule has 0 bridgehead atoms. The van der Waals surface area contributed by atoms with Gasteiger partial charge < -0.3 is 15.5 Å². The zero-order chi connectivity index (χ0) is 19.3. The van der Waals surface area contributed by atoms with Gasteiger partial charge in [0.2, 0.25) is 5.82 Å². The van der Waals surface area contributed by atoms with Gasteiger partial charge in [-0.2, -0.15) is 4.39 Å². The Morgan fingerprint density at radius 2 is 1.54 bits per heavy atom. The van der Waals surface area contributed by atoms with Crippen molar-refractivity contribution in [3.8, 4) is 0 Å². The number of nitro benzene ring substituents is 1. The molecule has 0 aliphatic carbocycles. The van der Waals surface area contributed by atoms with Crippen molar-refractivity contribution in [1.82, 2.24) is 5.32 Å². The van der Waals surface area contributed by atoms with E-state index < -0.39 is 28.5 Å². The molecule has 9 nitrogen and oxygen atoms in total. The van der Waals surface area contributed by atoms with Crippen molar-refractivity contribution in [2.75, 3.05) is 29.6 Å². The Balaban J connectivity index is 1.94. The first kappa shape index (κ1) is 18.6. The molecule has 2 aromatic rings. The van der Waals surface area contributed by atoms with Gasteiger partial charge in [0.1, 0.15) is 0 Å². The van der Waals surface area contributed by atoms with Crippen molar-refractivity contribution in [3.63, 3.8) is 0 Å². The minimum Gasteiger partial charge on any atom is -0.378 e. The number of carbonyl (C=O) groups is 2. The molecule has 0 aromatic heterocycles. The summed E-state index contributed by atoms with van der Waals surface area (Å²) < 4.78 is 13.3. The second-order valence-corrected chi connectivity index (χ2v) is 5.40. The third kappa shape index (κ3) is 4.90. The third-order valence-corrected chi connectivity index (χ3v) is 3.27. The molecular weight excluding hydrogens is 345 g/mol. The zero-order valence-electron chi connectivity index (χ0n) is 13.9. The molecule has 26 heavy (non-hydrogen) atoms. The van der Waals surface area contributed by atoms with Gasteiger partial charge in [0, 0.05) is 37.2 Å². The van der Waals surface area contributed by atoms with Crippen LogP contribution in [0.25, 0.3) is 0 Å². The number of rotatable bonds is 4. The van der Waals surface area contributed by atoms with E-state index in [9.17, 15) is 24.1 Å². The van der Waals surface area contributed by atoms with Crippen molar-refractivity contribution in [1.29, 1.82) is 0 Å². The molecule has 0 fully saturated rings. The van der Waals surface area contributed by atoms with Crippen molar-refractivity contribution in [2.24, 2.45) is 0 Å². The first-order valence-corrected chi connectivity index (χ1v) is 7.36. The fourth-order valence-corrected chi connectivity index (χ4v) is 2.00. The highest BCUT2D eigenvalue weighted by atomic mass is 19.1. The fraction of sp³-hybridized carbons (Fsp3) is 0.125. The van der Waals surface area contributed by atoms with Crippen LogP contribution < -0.4 is 20.9 Å². The van der Waals surface area contributed by atoms with Gasteiger partial charge in [0.15, 0.2) is 0 Å². The topological polar surface area (TPSA) is 117 Å². The second-order valence-electron chi connectivity index (χ2n) is 5.40. The standard InChI is InChI=1S/C16H16FN5O4/c1-21(2)12-6-3-10(4-7-12)18-15(23)20-16(24)19-11-5-8-13(17)14(9-11)22(25)26/h3-9H,1-2H3,(H3,18,19,20,23,24). The molecule has 0 atom stereocenters. The Morgan fingerprint density at radius 1 is 1.00 bits per heavy atom. The number of amides is 4. The first-order chi connectivity index (χ1) is 12.3. The molecule has 0 saturated heterocycles. The van der Waals surface area contributed by atoms with Gasteiger partial charge in [-0.1, -0.05) is 0 Å². The van der Waals surface area contributed by atoms with Crippen LogP contribution in [0.15, 0.2) is 42.5 Å². The lowest BCUT2D eigenvalue weighted by atomic mass is 10.2. The molecule has 2 rings (SSSR count). The van der Waals surface area contributed by atoms with Crippen LogP contribution in [0, 0.1) is 15.9 Å². The number of carbonyl (C=O) groups excluding carboxylic acids is 2. The van der Waals surface area contributed by atoms with Crippen LogP contribution in [0.1, 0.15) is 0 Å². The highest BCUT2D eigenvalue weighted by Crippen LogP contribution is 2.21. The quantitative estimate of drug-likeness (QED) is 0.571. The predicted octanol–water partition coefficient (Wildman–Crippen LogP) is 3.15. The number of nitrogens with zero attached hydrogens (tertiary/aromatic N) is 2. The molecule has 3 N–H and O–H groups in total. The van der Waals surface area contributed by atoms with E-state index in [-0.39, 0.29) is 5.69 Å². The number of anilines is 3. The van der Waals surface area contributed by atoms with Crippen LogP contribution in [-0.4, -0.2) is 31.1 Å². The predicted molar refractivity (Wildman–Crippen MR) is 95.0 cm³/mol. The van der Waals surface area contributed by atoms with Gasteiger partial charge in [-0.05, 0) is 36.4 Å². The van der Waals surface area contributed by atoms with Gasteiger partial charge in [-0.3, -0.25) is 15.4 Å². The van der Waals surface area contributed by atoms with E-state index in [1.165, 1.54) is 0 Å². The summed E-state index contributed by atoms with van der Waals surface area (Å²) in [4.78, 5) is 35.2. The van der Waals surface area contributed by atoms with E-state index in [4.69, 9.17) is 0 Å². The Bertz CT molecular complexity index is 839. The summed E-state index contributed by atoms with van der Waals surface area (Å²) in [6, 6.07) is 8.02. The number of halogens is 1. The van der Waals surface area contributed by atoms with Crippen LogP contribution in [0.2, 0.25) is 0 Å². The minimum absolute atomic E-state index is 0.0289. The Hall–Kier alpha value is -3.69. The lowest BCUT2D eigenvalue weighted by Gasteiger charge is -2.13. The molecule has 0 unspecified atom stereocenters. The van der Waals surface area contributed by atoms with E-state index in [0.29, 0.717) is 5.69 Å². The van der Waals surface area contributed by atoms with Crippen LogP contribution in [0.3, 0.4) is 0 Å². The maximum atomic E-state index is 13.3. The largest absolute Gasteiger partial charge is 0.378 e. The molecule has 0 heterocycles. The molecule has 0 saturated carbocycles. The number of nitro groups is 1. The molecule has 0 aliphatic heterocycles. The second kappa shape index (κ2) is 7.92. The highest BCUT2D eigenvalue weighted by Gasteiger charge is 2.16. The lowest BCUT2D eigenvalue weighted by Crippen LogP contribution is -2.37. The Labute approximate surface area is 147 Å². The highest BCUT2D eigenvalue weighted by molar-refractivity contribution is 6.05. The van der Waals surface area contributed by atoms with Crippen molar-refractivity contribution >= 4 is 34.8 Å². The van der Waals surface area contributed by atoms with Gasteiger partial charge in [0.05, 0.1) is 4.92 Å². The summed E-state index contributed by atoms with van der Waals surface area (Å²) in [7, 11) is 3.75. The molecule has 2 aromatic carbocycles. The molecule has 0 spiro atoms. The van der Waals surface area contributed by atoms with Crippen molar-refractivity contribution < 1.29 is 18.9 Å². The summed E-state index contributed by atoms with van der Waals surface area (Å²) >= 11 is 0. The average molecular weight is 361 g/mol.